The zero-order valence-electron chi connectivity index (χ0n) is 20.0. The van der Waals surface area contributed by atoms with E-state index in [9.17, 15) is 14.7 Å². The van der Waals surface area contributed by atoms with Crippen LogP contribution in [0.2, 0.25) is 0 Å². The number of fused-ring (bicyclic) bond motifs is 1. The highest BCUT2D eigenvalue weighted by molar-refractivity contribution is 6.01. The van der Waals surface area contributed by atoms with Crippen molar-refractivity contribution < 1.29 is 14.7 Å². The quantitative estimate of drug-likeness (QED) is 0.594. The van der Waals surface area contributed by atoms with E-state index in [4.69, 9.17) is 4.98 Å². The number of likely N-dealkylation sites (tertiary alicyclic amines) is 1. The van der Waals surface area contributed by atoms with Crippen LogP contribution in [0.5, 0.6) is 0 Å². The van der Waals surface area contributed by atoms with Crippen LogP contribution in [0, 0.1) is 13.8 Å². The molecule has 1 unspecified atom stereocenters. The Kier molecular flexibility index (Phi) is 5.99. The molecule has 2 aromatic carbocycles. The average molecular weight is 468 g/mol. The number of pyridine rings is 1. The average Bonchev–Trinajstić information content (AvgIpc) is 3.45. The SMILES string of the molecule is C=C(c1ncc(-c2c(C)ccc3c2CNC3=O)cc1C)C(C(=O)N1CC[C@H](O)C1)c1ccccc1. The number of aromatic nitrogens is 1. The molecule has 6 nitrogen and oxygen atoms in total. The van der Waals surface area contributed by atoms with Crippen molar-refractivity contribution in [3.8, 4) is 11.1 Å². The number of amides is 2. The van der Waals surface area contributed by atoms with Gasteiger partial charge < -0.3 is 15.3 Å². The predicted molar refractivity (Wildman–Crippen MR) is 136 cm³/mol. The van der Waals surface area contributed by atoms with E-state index in [2.05, 4.69) is 18.0 Å². The summed E-state index contributed by atoms with van der Waals surface area (Å²) >= 11 is 0. The number of nitrogens with zero attached hydrogens (tertiary/aromatic N) is 2. The second-order valence-corrected chi connectivity index (χ2v) is 9.45. The molecule has 6 heteroatoms. The van der Waals surface area contributed by atoms with Gasteiger partial charge in [0.25, 0.3) is 5.91 Å². The Hall–Kier alpha value is -3.77. The van der Waals surface area contributed by atoms with E-state index >= 15 is 0 Å². The van der Waals surface area contributed by atoms with Crippen molar-refractivity contribution in [1.82, 2.24) is 15.2 Å². The van der Waals surface area contributed by atoms with Crippen molar-refractivity contribution in [1.29, 1.82) is 0 Å². The molecule has 2 N–H and O–H groups in total. The Morgan fingerprint density at radius 3 is 2.63 bits per heavy atom. The number of aliphatic hydroxyl groups is 1. The largest absolute Gasteiger partial charge is 0.391 e. The molecule has 2 aliphatic rings. The van der Waals surface area contributed by atoms with Crippen molar-refractivity contribution >= 4 is 17.4 Å². The van der Waals surface area contributed by atoms with E-state index in [-0.39, 0.29) is 11.8 Å². The standard InChI is InChI=1S/C29H29N3O3/c1-17-9-10-23-24(15-31-28(23)34)25(17)21-13-18(2)27(30-14-21)19(3)26(20-7-5-4-6-8-20)29(35)32-12-11-22(33)16-32/h4-10,13-14,22,26,33H,3,11-12,15-16H2,1-2H3,(H,31,34)/t22-,26?/m0/s1. The zero-order chi connectivity index (χ0) is 24.7. The minimum absolute atomic E-state index is 0.0489. The zero-order valence-corrected chi connectivity index (χ0v) is 20.0. The van der Waals surface area contributed by atoms with E-state index in [0.717, 1.165) is 33.4 Å². The van der Waals surface area contributed by atoms with E-state index in [0.29, 0.717) is 42.9 Å². The third-order valence-electron chi connectivity index (χ3n) is 7.07. The fourth-order valence-corrected chi connectivity index (χ4v) is 5.27. The molecule has 2 atom stereocenters. The smallest absolute Gasteiger partial charge is 0.251 e. The topological polar surface area (TPSA) is 82.5 Å². The summed E-state index contributed by atoms with van der Waals surface area (Å²) in [5.74, 6) is -0.695. The maximum absolute atomic E-state index is 13.6. The number of aryl methyl sites for hydroxylation is 2. The van der Waals surface area contributed by atoms with E-state index < -0.39 is 12.0 Å². The van der Waals surface area contributed by atoms with Gasteiger partial charge in [0.15, 0.2) is 0 Å². The lowest BCUT2D eigenvalue weighted by atomic mass is 9.86. The van der Waals surface area contributed by atoms with E-state index in [1.165, 1.54) is 0 Å². The van der Waals surface area contributed by atoms with Gasteiger partial charge in [0, 0.05) is 37.0 Å². The minimum atomic E-state index is -0.580. The first-order valence-corrected chi connectivity index (χ1v) is 11.9. The molecule has 2 aliphatic heterocycles. The van der Waals surface area contributed by atoms with Crippen molar-refractivity contribution in [3.63, 3.8) is 0 Å². The van der Waals surface area contributed by atoms with Crippen LogP contribution in [0.4, 0.5) is 0 Å². The number of nitrogens with one attached hydrogen (secondary N) is 1. The first kappa shape index (κ1) is 23.0. The van der Waals surface area contributed by atoms with Crippen molar-refractivity contribution in [2.75, 3.05) is 13.1 Å². The molecule has 0 spiro atoms. The molecule has 178 valence electrons. The van der Waals surface area contributed by atoms with Crippen molar-refractivity contribution in [2.24, 2.45) is 0 Å². The highest BCUT2D eigenvalue weighted by Crippen LogP contribution is 2.37. The fraction of sp³-hybridized carbons (Fsp3) is 0.276. The summed E-state index contributed by atoms with van der Waals surface area (Å²) in [6.07, 6.45) is 1.91. The second kappa shape index (κ2) is 9.12. The molecule has 35 heavy (non-hydrogen) atoms. The number of β-amino-alcohol motifs (C(OH)–C–C–N with tert-alkyl or cyclic N) is 1. The lowest BCUT2D eigenvalue weighted by molar-refractivity contribution is -0.130. The summed E-state index contributed by atoms with van der Waals surface area (Å²) in [7, 11) is 0. The summed E-state index contributed by atoms with van der Waals surface area (Å²) in [5, 5.41) is 12.9. The summed E-state index contributed by atoms with van der Waals surface area (Å²) in [6.45, 7) is 9.73. The Labute approximate surface area is 205 Å². The summed E-state index contributed by atoms with van der Waals surface area (Å²) in [4.78, 5) is 32.3. The lowest BCUT2D eigenvalue weighted by Crippen LogP contribution is -2.34. The van der Waals surface area contributed by atoms with Crippen LogP contribution >= 0.6 is 0 Å². The molecule has 0 aliphatic carbocycles. The van der Waals surface area contributed by atoms with Crippen molar-refractivity contribution in [3.05, 3.63) is 94.8 Å². The highest BCUT2D eigenvalue weighted by Gasteiger charge is 2.34. The van der Waals surface area contributed by atoms with Gasteiger partial charge >= 0.3 is 0 Å². The van der Waals surface area contributed by atoms with Crippen LogP contribution in [-0.2, 0) is 11.3 Å². The number of hydrogen-bond donors (Lipinski definition) is 2. The van der Waals surface area contributed by atoms with Crippen LogP contribution in [0.25, 0.3) is 16.7 Å². The maximum Gasteiger partial charge on any atom is 0.251 e. The van der Waals surface area contributed by atoms with Crippen LogP contribution in [0.3, 0.4) is 0 Å². The van der Waals surface area contributed by atoms with Gasteiger partial charge in [-0.25, -0.2) is 0 Å². The lowest BCUT2D eigenvalue weighted by Gasteiger charge is -2.26. The third-order valence-corrected chi connectivity index (χ3v) is 7.07. The molecule has 0 bridgehead atoms. The maximum atomic E-state index is 13.6. The molecule has 0 saturated carbocycles. The summed E-state index contributed by atoms with van der Waals surface area (Å²) in [6, 6.07) is 15.5. The van der Waals surface area contributed by atoms with Gasteiger partial charge in [-0.3, -0.25) is 14.6 Å². The van der Waals surface area contributed by atoms with E-state index in [1.807, 2.05) is 62.5 Å². The first-order chi connectivity index (χ1) is 16.8. The fourth-order valence-electron chi connectivity index (χ4n) is 5.27. The number of rotatable bonds is 5. The molecule has 1 aromatic heterocycles. The summed E-state index contributed by atoms with van der Waals surface area (Å²) in [5.41, 5.74) is 7.84. The van der Waals surface area contributed by atoms with Gasteiger partial charge in [0.2, 0.25) is 5.91 Å². The molecular weight excluding hydrogens is 438 g/mol. The second-order valence-electron chi connectivity index (χ2n) is 9.45. The highest BCUT2D eigenvalue weighted by atomic mass is 16.3. The Balaban J connectivity index is 1.53. The number of hydrogen-bond acceptors (Lipinski definition) is 4. The molecule has 2 amide bonds. The van der Waals surface area contributed by atoms with Crippen LogP contribution < -0.4 is 5.32 Å². The summed E-state index contributed by atoms with van der Waals surface area (Å²) < 4.78 is 0. The predicted octanol–water partition coefficient (Wildman–Crippen LogP) is 4.00. The number of aliphatic hydroxyl groups excluding tert-OH is 1. The van der Waals surface area contributed by atoms with Crippen LogP contribution in [0.15, 0.2) is 61.3 Å². The number of carbonyl (C=O) groups excluding carboxylic acids is 2. The van der Waals surface area contributed by atoms with Gasteiger partial charge in [-0.15, -0.1) is 0 Å². The Morgan fingerprint density at radius 1 is 1.17 bits per heavy atom. The van der Waals surface area contributed by atoms with E-state index in [1.54, 1.807) is 4.90 Å². The van der Waals surface area contributed by atoms with Gasteiger partial charge in [-0.05, 0) is 65.8 Å². The molecule has 3 heterocycles. The monoisotopic (exact) mass is 467 g/mol. The van der Waals surface area contributed by atoms with Crippen molar-refractivity contribution in [2.45, 2.75) is 38.8 Å². The molecular formula is C29H29N3O3. The molecule has 1 fully saturated rings. The number of benzene rings is 2. The van der Waals surface area contributed by atoms with Gasteiger partial charge in [0.05, 0.1) is 17.7 Å². The minimum Gasteiger partial charge on any atom is -0.391 e. The Bertz CT molecular complexity index is 1330. The van der Waals surface area contributed by atoms with Gasteiger partial charge in [-0.2, -0.15) is 0 Å². The van der Waals surface area contributed by atoms with Gasteiger partial charge in [-0.1, -0.05) is 43.0 Å². The number of carbonyl (C=O) groups is 2. The molecule has 1 saturated heterocycles. The van der Waals surface area contributed by atoms with Crippen LogP contribution in [-0.4, -0.2) is 46.0 Å². The third kappa shape index (κ3) is 4.15. The van der Waals surface area contributed by atoms with Gasteiger partial charge in [0.1, 0.15) is 0 Å². The molecule has 3 aromatic rings. The molecule has 0 radical (unpaired) electrons. The Morgan fingerprint density at radius 2 is 1.94 bits per heavy atom. The first-order valence-electron chi connectivity index (χ1n) is 11.9. The normalized spacial score (nSPS) is 17.7. The van der Waals surface area contributed by atoms with Crippen LogP contribution in [0.1, 0.15) is 50.6 Å². The molecule has 5 rings (SSSR count).